The highest BCUT2D eigenvalue weighted by atomic mass is 16.5. The van der Waals surface area contributed by atoms with Gasteiger partial charge in [0.1, 0.15) is 5.60 Å². The second kappa shape index (κ2) is 9.13. The minimum atomic E-state index is -0.806. The Kier molecular flexibility index (Phi) is 9.06. The molecule has 3 nitrogen and oxygen atoms in total. The molecule has 0 aromatic rings. The Morgan fingerprint density at radius 2 is 1.80 bits per heavy atom. The number of hydrogen-bond acceptors (Lipinski definition) is 3. The molecule has 0 fully saturated rings. The van der Waals surface area contributed by atoms with E-state index in [1.807, 2.05) is 6.92 Å². The first-order chi connectivity index (χ1) is 7.18. The Bertz CT molecular complexity index is 139. The first-order valence-electron chi connectivity index (χ1n) is 5.97. The number of unbranched alkanes of at least 4 members (excludes halogenated alkanes) is 3. The third-order valence-corrected chi connectivity index (χ3v) is 2.58. The van der Waals surface area contributed by atoms with Gasteiger partial charge in [0.2, 0.25) is 0 Å². The van der Waals surface area contributed by atoms with E-state index in [9.17, 15) is 5.11 Å². The minimum Gasteiger partial charge on any atom is -0.385 e. The Morgan fingerprint density at radius 1 is 1.07 bits per heavy atom. The summed E-state index contributed by atoms with van der Waals surface area (Å²) in [6.07, 6.45) is 5.46. The average Bonchev–Trinajstić information content (AvgIpc) is 2.24. The fraction of sp³-hybridized carbons (Fsp3) is 1.00. The number of aliphatic hydroxyl groups is 1. The largest absolute Gasteiger partial charge is 0.385 e. The van der Waals surface area contributed by atoms with Crippen LogP contribution in [0.1, 0.15) is 46.0 Å². The van der Waals surface area contributed by atoms with Crippen molar-refractivity contribution in [2.24, 2.45) is 0 Å². The Balaban J connectivity index is 3.46. The van der Waals surface area contributed by atoms with Gasteiger partial charge in [-0.2, -0.15) is 0 Å². The van der Waals surface area contributed by atoms with E-state index in [2.05, 4.69) is 6.92 Å². The van der Waals surface area contributed by atoms with E-state index < -0.39 is 5.60 Å². The van der Waals surface area contributed by atoms with Gasteiger partial charge in [-0.3, -0.25) is 0 Å². The lowest BCUT2D eigenvalue weighted by Gasteiger charge is -2.25. The molecule has 15 heavy (non-hydrogen) atoms. The van der Waals surface area contributed by atoms with Crippen LogP contribution in [0.3, 0.4) is 0 Å². The molecule has 0 aliphatic rings. The SMILES string of the molecule is CCCCCCOCC(O)(CC)COC. The van der Waals surface area contributed by atoms with Crippen LogP contribution in [0.15, 0.2) is 0 Å². The van der Waals surface area contributed by atoms with Crippen LogP contribution < -0.4 is 0 Å². The van der Waals surface area contributed by atoms with Crippen molar-refractivity contribution in [3.05, 3.63) is 0 Å². The molecule has 0 aromatic heterocycles. The van der Waals surface area contributed by atoms with E-state index in [1.165, 1.54) is 19.3 Å². The van der Waals surface area contributed by atoms with Gasteiger partial charge >= 0.3 is 0 Å². The highest BCUT2D eigenvalue weighted by Gasteiger charge is 2.24. The molecular weight excluding hydrogens is 192 g/mol. The second-order valence-electron chi connectivity index (χ2n) is 4.12. The first kappa shape index (κ1) is 14.9. The first-order valence-corrected chi connectivity index (χ1v) is 5.97. The maximum absolute atomic E-state index is 9.97. The molecule has 1 atom stereocenters. The van der Waals surface area contributed by atoms with Crippen LogP contribution in [0.4, 0.5) is 0 Å². The van der Waals surface area contributed by atoms with Crippen molar-refractivity contribution < 1.29 is 14.6 Å². The summed E-state index contributed by atoms with van der Waals surface area (Å²) in [4.78, 5) is 0. The zero-order valence-electron chi connectivity index (χ0n) is 10.4. The summed E-state index contributed by atoms with van der Waals surface area (Å²) in [7, 11) is 1.60. The van der Waals surface area contributed by atoms with Crippen LogP contribution in [0.5, 0.6) is 0 Å². The van der Waals surface area contributed by atoms with Gasteiger partial charge in [-0.05, 0) is 12.8 Å². The number of ether oxygens (including phenoxy) is 2. The predicted octanol–water partition coefficient (Wildman–Crippen LogP) is 2.37. The summed E-state index contributed by atoms with van der Waals surface area (Å²) in [5.41, 5.74) is -0.806. The molecule has 0 saturated carbocycles. The predicted molar refractivity (Wildman–Crippen MR) is 62.1 cm³/mol. The van der Waals surface area contributed by atoms with Gasteiger partial charge in [0.15, 0.2) is 0 Å². The van der Waals surface area contributed by atoms with Gasteiger partial charge in [0.05, 0.1) is 13.2 Å². The lowest BCUT2D eigenvalue weighted by Crippen LogP contribution is -2.38. The lowest BCUT2D eigenvalue weighted by molar-refractivity contribution is -0.0891. The molecule has 1 unspecified atom stereocenters. The number of methoxy groups -OCH3 is 1. The monoisotopic (exact) mass is 218 g/mol. The van der Waals surface area contributed by atoms with Crippen LogP contribution >= 0.6 is 0 Å². The van der Waals surface area contributed by atoms with Crippen molar-refractivity contribution in [1.82, 2.24) is 0 Å². The van der Waals surface area contributed by atoms with E-state index in [1.54, 1.807) is 7.11 Å². The summed E-state index contributed by atoms with van der Waals surface area (Å²) in [6, 6.07) is 0. The smallest absolute Gasteiger partial charge is 0.111 e. The molecule has 0 saturated heterocycles. The normalized spacial score (nSPS) is 15.2. The van der Waals surface area contributed by atoms with Crippen LogP contribution in [0.2, 0.25) is 0 Å². The molecule has 92 valence electrons. The van der Waals surface area contributed by atoms with Crippen molar-refractivity contribution >= 4 is 0 Å². The van der Waals surface area contributed by atoms with Gasteiger partial charge < -0.3 is 14.6 Å². The fourth-order valence-electron chi connectivity index (χ4n) is 1.41. The molecule has 3 heteroatoms. The summed E-state index contributed by atoms with van der Waals surface area (Å²) < 4.78 is 10.4. The standard InChI is InChI=1S/C12H26O3/c1-4-6-7-8-9-15-11-12(13,5-2)10-14-3/h13H,4-11H2,1-3H3. The molecule has 0 heterocycles. The molecule has 0 aromatic carbocycles. The second-order valence-corrected chi connectivity index (χ2v) is 4.12. The van der Waals surface area contributed by atoms with Crippen LogP contribution in [0.25, 0.3) is 0 Å². The Labute approximate surface area is 93.8 Å². The van der Waals surface area contributed by atoms with E-state index >= 15 is 0 Å². The van der Waals surface area contributed by atoms with Gasteiger partial charge in [0.25, 0.3) is 0 Å². The molecule has 0 radical (unpaired) electrons. The number of rotatable bonds is 10. The molecule has 1 N–H and O–H groups in total. The zero-order valence-corrected chi connectivity index (χ0v) is 10.4. The van der Waals surface area contributed by atoms with Gasteiger partial charge in [0, 0.05) is 13.7 Å². The van der Waals surface area contributed by atoms with Crippen molar-refractivity contribution in [1.29, 1.82) is 0 Å². The summed E-state index contributed by atoms with van der Waals surface area (Å²) in [5.74, 6) is 0. The zero-order chi connectivity index (χ0) is 11.6. The Morgan fingerprint density at radius 3 is 2.33 bits per heavy atom. The molecule has 0 aliphatic heterocycles. The van der Waals surface area contributed by atoms with Crippen molar-refractivity contribution in [3.8, 4) is 0 Å². The fourth-order valence-corrected chi connectivity index (χ4v) is 1.41. The van der Waals surface area contributed by atoms with E-state index in [0.29, 0.717) is 19.6 Å². The maximum atomic E-state index is 9.97. The lowest BCUT2D eigenvalue weighted by atomic mass is 10.0. The van der Waals surface area contributed by atoms with Crippen molar-refractivity contribution in [2.45, 2.75) is 51.6 Å². The average molecular weight is 218 g/mol. The summed E-state index contributed by atoms with van der Waals surface area (Å²) in [6.45, 7) is 5.60. The van der Waals surface area contributed by atoms with E-state index in [-0.39, 0.29) is 0 Å². The third-order valence-electron chi connectivity index (χ3n) is 2.58. The van der Waals surface area contributed by atoms with Gasteiger partial charge in [-0.25, -0.2) is 0 Å². The molecule has 0 spiro atoms. The highest BCUT2D eigenvalue weighted by Crippen LogP contribution is 2.11. The van der Waals surface area contributed by atoms with Crippen LogP contribution in [0, 0.1) is 0 Å². The molecular formula is C12H26O3. The summed E-state index contributed by atoms with van der Waals surface area (Å²) in [5, 5.41) is 9.97. The van der Waals surface area contributed by atoms with Crippen LogP contribution in [-0.4, -0.2) is 37.6 Å². The molecule has 0 aliphatic carbocycles. The maximum Gasteiger partial charge on any atom is 0.111 e. The molecule has 0 amide bonds. The topological polar surface area (TPSA) is 38.7 Å². The third kappa shape index (κ3) is 7.77. The van der Waals surface area contributed by atoms with Crippen molar-refractivity contribution in [3.63, 3.8) is 0 Å². The molecule has 0 rings (SSSR count). The van der Waals surface area contributed by atoms with Crippen LogP contribution in [-0.2, 0) is 9.47 Å². The van der Waals surface area contributed by atoms with Crippen molar-refractivity contribution in [2.75, 3.05) is 26.9 Å². The highest BCUT2D eigenvalue weighted by molar-refractivity contribution is 4.75. The minimum absolute atomic E-state index is 0.346. The van der Waals surface area contributed by atoms with Gasteiger partial charge in [-0.1, -0.05) is 33.1 Å². The Hall–Kier alpha value is -0.120. The number of hydrogen-bond donors (Lipinski definition) is 1. The van der Waals surface area contributed by atoms with Gasteiger partial charge in [-0.15, -0.1) is 0 Å². The van der Waals surface area contributed by atoms with E-state index in [4.69, 9.17) is 9.47 Å². The quantitative estimate of drug-likeness (QED) is 0.572. The van der Waals surface area contributed by atoms with E-state index in [0.717, 1.165) is 13.0 Å². The summed E-state index contributed by atoms with van der Waals surface area (Å²) >= 11 is 0. The molecule has 0 bridgehead atoms.